The number of hydrogen-bond donors (Lipinski definition) is 0. The number of nitrogens with one attached hydrogen (secondary N) is 1. The number of ether oxygens (including phenoxy) is 2. The summed E-state index contributed by atoms with van der Waals surface area (Å²) < 4.78 is 17.2. The molecule has 0 aliphatic heterocycles. The van der Waals surface area contributed by atoms with Gasteiger partial charge in [-0.15, -0.1) is 0 Å². The van der Waals surface area contributed by atoms with E-state index in [4.69, 9.17) is 13.9 Å². The lowest BCUT2D eigenvalue weighted by Gasteiger charge is -2.28. The minimum absolute atomic E-state index is 0.0199. The molecule has 2 atom stereocenters. The molecule has 1 fully saturated rings. The van der Waals surface area contributed by atoms with Crippen LogP contribution in [0.15, 0.2) is 28.7 Å². The summed E-state index contributed by atoms with van der Waals surface area (Å²) in [6.07, 6.45) is 3.80. The van der Waals surface area contributed by atoms with Gasteiger partial charge >= 0.3 is 11.9 Å². The van der Waals surface area contributed by atoms with Gasteiger partial charge in [0.25, 0.3) is 0 Å². The average Bonchev–Trinajstić information content (AvgIpc) is 2.94. The number of oxazole rings is 1. The molecule has 1 heterocycles. The van der Waals surface area contributed by atoms with Crippen LogP contribution >= 0.6 is 0 Å². The Hall–Kier alpha value is -2.14. The van der Waals surface area contributed by atoms with Gasteiger partial charge in [-0.3, -0.25) is 4.79 Å². The SMILES string of the molecule is CC(=O)O[C@@H]1CCC[C@H](OCc2[nH+]c(-c3cccc(C)c3)oc2C)C1. The van der Waals surface area contributed by atoms with Gasteiger partial charge in [-0.2, -0.15) is 4.98 Å². The fourth-order valence-corrected chi connectivity index (χ4v) is 3.32. The van der Waals surface area contributed by atoms with Crippen LogP contribution in [-0.2, 0) is 20.9 Å². The van der Waals surface area contributed by atoms with Gasteiger partial charge in [-0.05, 0) is 38.3 Å². The van der Waals surface area contributed by atoms with Crippen LogP contribution in [0.3, 0.4) is 0 Å². The number of benzene rings is 1. The van der Waals surface area contributed by atoms with E-state index < -0.39 is 0 Å². The highest BCUT2D eigenvalue weighted by Crippen LogP contribution is 2.25. The van der Waals surface area contributed by atoms with Crippen molar-refractivity contribution in [1.29, 1.82) is 0 Å². The Morgan fingerprint density at radius 3 is 2.84 bits per heavy atom. The molecule has 1 N–H and O–H groups in total. The summed E-state index contributed by atoms with van der Waals surface area (Å²) in [6, 6.07) is 8.19. The van der Waals surface area contributed by atoms with E-state index in [-0.39, 0.29) is 18.2 Å². The van der Waals surface area contributed by atoms with Crippen LogP contribution in [0.25, 0.3) is 11.5 Å². The number of esters is 1. The zero-order valence-corrected chi connectivity index (χ0v) is 15.1. The Balaban J connectivity index is 1.61. The molecule has 5 nitrogen and oxygen atoms in total. The number of carbonyl (C=O) groups excluding carboxylic acids is 1. The average molecular weight is 344 g/mol. The van der Waals surface area contributed by atoms with Crippen LogP contribution in [-0.4, -0.2) is 18.2 Å². The minimum atomic E-state index is -0.215. The van der Waals surface area contributed by atoms with Crippen molar-refractivity contribution in [3.8, 4) is 11.5 Å². The molecule has 5 heteroatoms. The van der Waals surface area contributed by atoms with Gasteiger partial charge in [-0.1, -0.05) is 17.7 Å². The molecule has 3 rings (SSSR count). The molecule has 1 aromatic heterocycles. The van der Waals surface area contributed by atoms with Crippen LogP contribution in [0.5, 0.6) is 0 Å². The van der Waals surface area contributed by atoms with Crippen molar-refractivity contribution < 1.29 is 23.7 Å². The van der Waals surface area contributed by atoms with Gasteiger partial charge < -0.3 is 13.9 Å². The third kappa shape index (κ3) is 4.69. The molecule has 134 valence electrons. The minimum Gasteiger partial charge on any atom is -0.462 e. The van der Waals surface area contributed by atoms with Crippen molar-refractivity contribution in [2.45, 2.75) is 65.3 Å². The van der Waals surface area contributed by atoms with Crippen molar-refractivity contribution in [3.63, 3.8) is 0 Å². The molecule has 0 radical (unpaired) electrons. The normalized spacial score (nSPS) is 20.4. The van der Waals surface area contributed by atoms with E-state index in [0.717, 1.165) is 48.6 Å². The molecule has 0 saturated heterocycles. The number of H-pyrrole nitrogens is 1. The lowest BCUT2D eigenvalue weighted by molar-refractivity contribution is -0.387. The second kappa shape index (κ2) is 7.83. The Labute approximate surface area is 148 Å². The number of carbonyl (C=O) groups is 1. The highest BCUT2D eigenvalue weighted by atomic mass is 16.5. The van der Waals surface area contributed by atoms with Gasteiger partial charge in [0, 0.05) is 20.3 Å². The Morgan fingerprint density at radius 1 is 1.28 bits per heavy atom. The van der Waals surface area contributed by atoms with Crippen LogP contribution in [0.1, 0.15) is 49.6 Å². The van der Waals surface area contributed by atoms with Crippen LogP contribution in [0.4, 0.5) is 0 Å². The first kappa shape index (κ1) is 17.7. The van der Waals surface area contributed by atoms with Gasteiger partial charge in [0.2, 0.25) is 5.69 Å². The molecule has 1 aromatic carbocycles. The van der Waals surface area contributed by atoms with E-state index in [1.165, 1.54) is 12.5 Å². The molecule has 1 saturated carbocycles. The van der Waals surface area contributed by atoms with Gasteiger partial charge in [0.1, 0.15) is 12.7 Å². The molecular formula is C20H26NO4+. The van der Waals surface area contributed by atoms with Gasteiger partial charge in [0.15, 0.2) is 5.76 Å². The maximum Gasteiger partial charge on any atom is 0.379 e. The summed E-state index contributed by atoms with van der Waals surface area (Å²) in [7, 11) is 0. The van der Waals surface area contributed by atoms with Crippen molar-refractivity contribution in [2.24, 2.45) is 0 Å². The molecule has 0 spiro atoms. The summed E-state index contributed by atoms with van der Waals surface area (Å²) >= 11 is 0. The van der Waals surface area contributed by atoms with E-state index >= 15 is 0 Å². The third-order valence-corrected chi connectivity index (χ3v) is 4.60. The molecule has 1 aliphatic rings. The van der Waals surface area contributed by atoms with Gasteiger partial charge in [0.05, 0.1) is 11.7 Å². The fourth-order valence-electron chi connectivity index (χ4n) is 3.32. The fraction of sp³-hybridized carbons (Fsp3) is 0.500. The predicted molar refractivity (Wildman–Crippen MR) is 92.8 cm³/mol. The molecular weight excluding hydrogens is 318 g/mol. The molecule has 0 unspecified atom stereocenters. The largest absolute Gasteiger partial charge is 0.462 e. The number of aromatic amines is 1. The third-order valence-electron chi connectivity index (χ3n) is 4.60. The van der Waals surface area contributed by atoms with Crippen LogP contribution in [0, 0.1) is 13.8 Å². The quantitative estimate of drug-likeness (QED) is 0.775. The first-order chi connectivity index (χ1) is 12.0. The number of rotatable bonds is 5. The van der Waals surface area contributed by atoms with Crippen molar-refractivity contribution in [2.75, 3.05) is 0 Å². The van der Waals surface area contributed by atoms with Gasteiger partial charge in [-0.25, -0.2) is 0 Å². The molecule has 1 aliphatic carbocycles. The van der Waals surface area contributed by atoms with Crippen LogP contribution in [0.2, 0.25) is 0 Å². The predicted octanol–water partition coefficient (Wildman–Crippen LogP) is 3.77. The zero-order chi connectivity index (χ0) is 17.8. The second-order valence-electron chi connectivity index (χ2n) is 6.79. The Morgan fingerprint density at radius 2 is 2.08 bits per heavy atom. The molecule has 0 bridgehead atoms. The first-order valence-corrected chi connectivity index (χ1v) is 8.88. The second-order valence-corrected chi connectivity index (χ2v) is 6.79. The number of aromatic nitrogens is 1. The van der Waals surface area contributed by atoms with E-state index in [1.807, 2.05) is 19.1 Å². The Kier molecular flexibility index (Phi) is 5.53. The lowest BCUT2D eigenvalue weighted by Crippen LogP contribution is -2.30. The van der Waals surface area contributed by atoms with Crippen molar-refractivity contribution in [1.82, 2.24) is 0 Å². The smallest absolute Gasteiger partial charge is 0.379 e. The van der Waals surface area contributed by atoms with E-state index in [2.05, 4.69) is 24.0 Å². The van der Waals surface area contributed by atoms with E-state index in [9.17, 15) is 4.79 Å². The summed E-state index contributed by atoms with van der Waals surface area (Å²) in [6.45, 7) is 5.93. The highest BCUT2D eigenvalue weighted by molar-refractivity contribution is 5.66. The standard InChI is InChI=1S/C20H25NO4/c1-13-6-4-7-16(10-13)20-21-19(14(2)24-20)12-23-17-8-5-9-18(11-17)25-15(3)22/h4,6-7,10,17-18H,5,8-9,11-12H2,1-3H3/p+1/t17-,18+/m0/s1. The summed E-state index contributed by atoms with van der Waals surface area (Å²) in [5.41, 5.74) is 3.17. The summed E-state index contributed by atoms with van der Waals surface area (Å²) in [5.74, 6) is 1.37. The zero-order valence-electron chi connectivity index (χ0n) is 15.1. The molecule has 25 heavy (non-hydrogen) atoms. The van der Waals surface area contributed by atoms with Crippen LogP contribution < -0.4 is 4.98 Å². The van der Waals surface area contributed by atoms with E-state index in [0.29, 0.717) is 6.61 Å². The topological polar surface area (TPSA) is 62.8 Å². The highest BCUT2D eigenvalue weighted by Gasteiger charge is 2.26. The van der Waals surface area contributed by atoms with Crippen molar-refractivity contribution in [3.05, 3.63) is 41.3 Å². The maximum absolute atomic E-state index is 11.1. The maximum atomic E-state index is 11.1. The first-order valence-electron chi connectivity index (χ1n) is 8.88. The number of aryl methyl sites for hydroxylation is 2. The molecule has 2 aromatic rings. The summed E-state index contributed by atoms with van der Waals surface area (Å²) in [4.78, 5) is 14.5. The molecule has 0 amide bonds. The Bertz CT molecular complexity index is 737. The van der Waals surface area contributed by atoms with Crippen molar-refractivity contribution >= 4 is 5.97 Å². The number of hydrogen-bond acceptors (Lipinski definition) is 4. The van der Waals surface area contributed by atoms with E-state index in [1.54, 1.807) is 0 Å². The summed E-state index contributed by atoms with van der Waals surface area (Å²) in [5, 5.41) is 0. The monoisotopic (exact) mass is 344 g/mol. The lowest BCUT2D eigenvalue weighted by atomic mass is 9.95.